The predicted octanol–water partition coefficient (Wildman–Crippen LogP) is 4.92. The summed E-state index contributed by atoms with van der Waals surface area (Å²) in [6, 6.07) is 8.33. The molecule has 0 aliphatic carbocycles. The number of nitrogens with zero attached hydrogens (tertiary/aromatic N) is 6. The van der Waals surface area contributed by atoms with Gasteiger partial charge in [-0.25, -0.2) is 9.48 Å². The van der Waals surface area contributed by atoms with E-state index in [1.165, 1.54) is 5.69 Å². The summed E-state index contributed by atoms with van der Waals surface area (Å²) in [6.07, 6.45) is 6.20. The van der Waals surface area contributed by atoms with Crippen molar-refractivity contribution in [2.24, 2.45) is 0 Å². The van der Waals surface area contributed by atoms with E-state index in [1.807, 2.05) is 43.8 Å². The number of anilines is 4. The fourth-order valence-electron chi connectivity index (χ4n) is 5.71. The molecule has 0 saturated carbocycles. The molecule has 42 heavy (non-hydrogen) atoms. The summed E-state index contributed by atoms with van der Waals surface area (Å²) in [7, 11) is 0. The Hall–Kier alpha value is -3.64. The number of benzene rings is 1. The van der Waals surface area contributed by atoms with E-state index in [4.69, 9.17) is 24.2 Å². The van der Waals surface area contributed by atoms with E-state index < -0.39 is 5.60 Å². The molecular formula is C30H42N8O4. The largest absolute Gasteiger partial charge is 0.444 e. The topological polar surface area (TPSA) is 119 Å². The minimum absolute atomic E-state index is 0.0132. The third-order valence-electron chi connectivity index (χ3n) is 7.80. The molecular weight excluding hydrogens is 536 g/mol. The Morgan fingerprint density at radius 3 is 2.55 bits per heavy atom. The van der Waals surface area contributed by atoms with Crippen LogP contribution in [-0.2, 0) is 14.2 Å². The molecule has 6 rings (SSSR count). The van der Waals surface area contributed by atoms with Crippen LogP contribution in [0.1, 0.15) is 59.1 Å². The zero-order valence-electron chi connectivity index (χ0n) is 24.8. The number of aromatic nitrogens is 4. The number of hydrogen-bond acceptors (Lipinski definition) is 10. The zero-order chi connectivity index (χ0) is 29.1. The molecule has 0 radical (unpaired) electrons. The molecule has 2 atom stereocenters. The molecule has 1 aromatic carbocycles. The number of carbonyl (C=O) groups is 1. The Labute approximate surface area is 246 Å². The minimum atomic E-state index is -0.535. The third kappa shape index (κ3) is 6.70. The second kappa shape index (κ2) is 12.3. The van der Waals surface area contributed by atoms with Gasteiger partial charge in [0.25, 0.3) is 0 Å². The lowest BCUT2D eigenvalue weighted by atomic mass is 10.1. The lowest BCUT2D eigenvalue weighted by Gasteiger charge is -2.34. The first-order chi connectivity index (χ1) is 20.3. The molecule has 3 aliphatic rings. The fourth-order valence-corrected chi connectivity index (χ4v) is 5.71. The summed E-state index contributed by atoms with van der Waals surface area (Å²) in [4.78, 5) is 26.7. The zero-order valence-corrected chi connectivity index (χ0v) is 24.8. The van der Waals surface area contributed by atoms with E-state index in [1.54, 1.807) is 4.90 Å². The van der Waals surface area contributed by atoms with Gasteiger partial charge in [0.2, 0.25) is 5.95 Å². The van der Waals surface area contributed by atoms with Crippen molar-refractivity contribution in [3.8, 4) is 0 Å². The number of nitrogens with one attached hydrogen (secondary N) is 2. The van der Waals surface area contributed by atoms with Crippen LogP contribution in [0.3, 0.4) is 0 Å². The summed E-state index contributed by atoms with van der Waals surface area (Å²) in [5.41, 5.74) is 2.24. The first-order valence-corrected chi connectivity index (χ1v) is 15.1. The number of morpholine rings is 1. The quantitative estimate of drug-likeness (QED) is 0.417. The summed E-state index contributed by atoms with van der Waals surface area (Å²) in [6.45, 7) is 10.9. The van der Waals surface area contributed by atoms with Crippen molar-refractivity contribution in [3.05, 3.63) is 30.5 Å². The van der Waals surface area contributed by atoms with E-state index in [-0.39, 0.29) is 18.4 Å². The van der Waals surface area contributed by atoms with Gasteiger partial charge < -0.3 is 34.6 Å². The van der Waals surface area contributed by atoms with Crippen LogP contribution in [-0.4, -0.2) is 88.4 Å². The van der Waals surface area contributed by atoms with Crippen molar-refractivity contribution in [1.29, 1.82) is 0 Å². The molecule has 3 fully saturated rings. The van der Waals surface area contributed by atoms with Crippen LogP contribution in [0.2, 0.25) is 0 Å². The standard InChI is InChI=1S/C30H42N8O4/c1-30(2,3)42-29(39)37-13-6-7-22(20-37)32-26-24-19-31-38(25-8-4-5-16-41-25)27(24)35-28(34-26)33-21-9-11-23(12-10-21)36-14-17-40-18-15-36/h9-12,19,22,25H,4-8,13-18,20H2,1-3H3,(H2,32,33,34,35). The molecule has 1 amide bonds. The summed E-state index contributed by atoms with van der Waals surface area (Å²) < 4.78 is 19.1. The van der Waals surface area contributed by atoms with Crippen LogP contribution in [0.15, 0.2) is 30.5 Å². The van der Waals surface area contributed by atoms with Gasteiger partial charge in [0, 0.05) is 50.2 Å². The van der Waals surface area contributed by atoms with E-state index in [2.05, 4.69) is 32.8 Å². The predicted molar refractivity (Wildman–Crippen MR) is 161 cm³/mol. The molecule has 2 N–H and O–H groups in total. The van der Waals surface area contributed by atoms with Crippen molar-refractivity contribution in [3.63, 3.8) is 0 Å². The van der Waals surface area contributed by atoms with Crippen molar-refractivity contribution in [2.75, 3.05) is 61.5 Å². The van der Waals surface area contributed by atoms with Gasteiger partial charge in [0.05, 0.1) is 24.8 Å². The Kier molecular flexibility index (Phi) is 8.34. The van der Waals surface area contributed by atoms with E-state index >= 15 is 0 Å². The van der Waals surface area contributed by atoms with Crippen molar-refractivity contribution >= 4 is 40.3 Å². The van der Waals surface area contributed by atoms with Crippen LogP contribution in [0.5, 0.6) is 0 Å². The van der Waals surface area contributed by atoms with Crippen LogP contribution >= 0.6 is 0 Å². The number of hydrogen-bond donors (Lipinski definition) is 2. The van der Waals surface area contributed by atoms with E-state index in [9.17, 15) is 4.79 Å². The molecule has 3 aliphatic heterocycles. The summed E-state index contributed by atoms with van der Waals surface area (Å²) in [5, 5.41) is 12.5. The molecule has 3 aromatic rings. The Balaban J connectivity index is 1.25. The molecule has 226 valence electrons. The molecule has 12 nitrogen and oxygen atoms in total. The first kappa shape index (κ1) is 28.5. The summed E-state index contributed by atoms with van der Waals surface area (Å²) in [5.74, 6) is 1.16. The van der Waals surface area contributed by atoms with Crippen LogP contribution < -0.4 is 15.5 Å². The van der Waals surface area contributed by atoms with Gasteiger partial charge in [-0.3, -0.25) is 0 Å². The van der Waals surface area contributed by atoms with Gasteiger partial charge in [-0.1, -0.05) is 0 Å². The molecule has 5 heterocycles. The smallest absolute Gasteiger partial charge is 0.410 e. The van der Waals surface area contributed by atoms with Crippen molar-refractivity contribution in [2.45, 2.75) is 70.7 Å². The molecule has 0 bridgehead atoms. The Bertz CT molecular complexity index is 1360. The maximum Gasteiger partial charge on any atom is 0.410 e. The van der Waals surface area contributed by atoms with E-state index in [0.717, 1.165) is 69.5 Å². The van der Waals surface area contributed by atoms with Gasteiger partial charge in [0.1, 0.15) is 11.4 Å². The van der Waals surface area contributed by atoms with Crippen LogP contribution in [0.4, 0.5) is 27.9 Å². The van der Waals surface area contributed by atoms with Crippen molar-refractivity contribution in [1.82, 2.24) is 24.6 Å². The maximum absolute atomic E-state index is 12.8. The average molecular weight is 579 g/mol. The van der Waals surface area contributed by atoms with Gasteiger partial charge in [-0.15, -0.1) is 0 Å². The highest BCUT2D eigenvalue weighted by atomic mass is 16.6. The monoisotopic (exact) mass is 578 g/mol. The number of carbonyl (C=O) groups excluding carboxylic acids is 1. The number of piperidine rings is 1. The van der Waals surface area contributed by atoms with Gasteiger partial charge in [-0.05, 0) is 77.1 Å². The highest BCUT2D eigenvalue weighted by Crippen LogP contribution is 2.31. The lowest BCUT2D eigenvalue weighted by Crippen LogP contribution is -2.47. The minimum Gasteiger partial charge on any atom is -0.444 e. The van der Waals surface area contributed by atoms with Crippen molar-refractivity contribution < 1.29 is 19.0 Å². The SMILES string of the molecule is CC(C)(C)OC(=O)N1CCCC(Nc2nc(Nc3ccc(N4CCOCC4)cc3)nc3c2cnn3C2CCCCO2)C1. The molecule has 3 saturated heterocycles. The summed E-state index contributed by atoms with van der Waals surface area (Å²) >= 11 is 0. The third-order valence-corrected chi connectivity index (χ3v) is 7.80. The highest BCUT2D eigenvalue weighted by molar-refractivity contribution is 5.88. The first-order valence-electron chi connectivity index (χ1n) is 15.1. The number of likely N-dealkylation sites (tertiary alicyclic amines) is 1. The fraction of sp³-hybridized carbons (Fsp3) is 0.600. The van der Waals surface area contributed by atoms with E-state index in [0.29, 0.717) is 37.1 Å². The highest BCUT2D eigenvalue weighted by Gasteiger charge is 2.29. The van der Waals surface area contributed by atoms with Gasteiger partial charge >= 0.3 is 6.09 Å². The molecule has 2 aromatic heterocycles. The molecule has 12 heteroatoms. The number of rotatable bonds is 6. The second-order valence-electron chi connectivity index (χ2n) is 12.2. The Morgan fingerprint density at radius 1 is 1.00 bits per heavy atom. The number of amides is 1. The molecule has 2 unspecified atom stereocenters. The number of fused-ring (bicyclic) bond motifs is 1. The second-order valence-corrected chi connectivity index (χ2v) is 12.2. The van der Waals surface area contributed by atoms with Gasteiger partial charge in [-0.2, -0.15) is 15.1 Å². The maximum atomic E-state index is 12.8. The normalized spacial score (nSPS) is 21.8. The van der Waals surface area contributed by atoms with Crippen LogP contribution in [0, 0.1) is 0 Å². The van der Waals surface area contributed by atoms with Gasteiger partial charge in [0.15, 0.2) is 11.9 Å². The van der Waals surface area contributed by atoms with Crippen LogP contribution in [0.25, 0.3) is 11.0 Å². The molecule has 0 spiro atoms. The lowest BCUT2D eigenvalue weighted by molar-refractivity contribution is -0.0370. The Morgan fingerprint density at radius 2 is 1.81 bits per heavy atom. The average Bonchev–Trinajstić information content (AvgIpc) is 3.42. The number of ether oxygens (including phenoxy) is 3.